The molecule has 0 aliphatic heterocycles. The highest BCUT2D eigenvalue weighted by molar-refractivity contribution is 5.85. The molecule has 19 heavy (non-hydrogen) atoms. The number of aliphatic carboxylic acids is 1. The van der Waals surface area contributed by atoms with Crippen LogP contribution in [-0.4, -0.2) is 24.8 Å². The van der Waals surface area contributed by atoms with Crippen molar-refractivity contribution in [1.82, 2.24) is 0 Å². The lowest BCUT2D eigenvalue weighted by Gasteiger charge is -2.10. The van der Waals surface area contributed by atoms with Crippen LogP contribution in [0.1, 0.15) is 18.4 Å². The lowest BCUT2D eigenvalue weighted by molar-refractivity contribution is -0.131. The van der Waals surface area contributed by atoms with Crippen molar-refractivity contribution >= 4 is 12.0 Å². The molecule has 0 radical (unpaired) electrons. The van der Waals surface area contributed by atoms with Crippen LogP contribution >= 0.6 is 0 Å². The third kappa shape index (κ3) is 5.17. The minimum Gasteiger partial charge on any atom is -0.493 e. The largest absolute Gasteiger partial charge is 0.493 e. The second-order valence-electron chi connectivity index (χ2n) is 3.74. The summed E-state index contributed by atoms with van der Waals surface area (Å²) in [6, 6.07) is 5.23. The fourth-order valence-electron chi connectivity index (χ4n) is 1.43. The van der Waals surface area contributed by atoms with Crippen molar-refractivity contribution in [2.45, 2.75) is 12.8 Å². The molecule has 0 bridgehead atoms. The number of terminal acetylenes is 1. The molecule has 1 aromatic rings. The lowest BCUT2D eigenvalue weighted by Crippen LogP contribution is -1.99. The first-order chi connectivity index (χ1) is 9.17. The molecule has 0 aliphatic carbocycles. The topological polar surface area (TPSA) is 55.8 Å². The van der Waals surface area contributed by atoms with E-state index in [1.165, 1.54) is 13.2 Å². The van der Waals surface area contributed by atoms with Crippen LogP contribution in [0.3, 0.4) is 0 Å². The van der Waals surface area contributed by atoms with Crippen LogP contribution in [0.5, 0.6) is 11.5 Å². The summed E-state index contributed by atoms with van der Waals surface area (Å²) in [5.74, 6) is 2.73. The van der Waals surface area contributed by atoms with E-state index in [0.29, 0.717) is 24.5 Å². The molecular weight excluding hydrogens is 244 g/mol. The van der Waals surface area contributed by atoms with Gasteiger partial charge in [-0.2, -0.15) is 0 Å². The second kappa shape index (κ2) is 7.83. The Morgan fingerprint density at radius 2 is 2.26 bits per heavy atom. The Balaban J connectivity index is 2.73. The van der Waals surface area contributed by atoms with Gasteiger partial charge in [0.2, 0.25) is 0 Å². The fraction of sp³-hybridized carbons (Fsp3) is 0.267. The Morgan fingerprint density at radius 1 is 1.47 bits per heavy atom. The van der Waals surface area contributed by atoms with Gasteiger partial charge in [0, 0.05) is 12.5 Å². The maximum Gasteiger partial charge on any atom is 0.328 e. The number of hydrogen-bond acceptors (Lipinski definition) is 3. The molecule has 0 fully saturated rings. The summed E-state index contributed by atoms with van der Waals surface area (Å²) in [5, 5.41) is 8.56. The smallest absolute Gasteiger partial charge is 0.328 e. The van der Waals surface area contributed by atoms with Gasteiger partial charge in [-0.1, -0.05) is 6.07 Å². The van der Waals surface area contributed by atoms with Gasteiger partial charge in [-0.3, -0.25) is 0 Å². The minimum absolute atomic E-state index is 0.519. The van der Waals surface area contributed by atoms with E-state index >= 15 is 0 Å². The summed E-state index contributed by atoms with van der Waals surface area (Å²) in [6.45, 7) is 0.519. The summed E-state index contributed by atoms with van der Waals surface area (Å²) in [7, 11) is 1.54. The third-order valence-corrected chi connectivity index (χ3v) is 2.33. The molecule has 0 atom stereocenters. The first-order valence-corrected chi connectivity index (χ1v) is 5.82. The molecular formula is C15H16O4. The molecule has 0 unspecified atom stereocenters. The Morgan fingerprint density at radius 3 is 2.89 bits per heavy atom. The van der Waals surface area contributed by atoms with E-state index in [2.05, 4.69) is 5.92 Å². The number of ether oxygens (including phenoxy) is 2. The summed E-state index contributed by atoms with van der Waals surface area (Å²) >= 11 is 0. The maximum absolute atomic E-state index is 10.4. The van der Waals surface area contributed by atoms with Crippen molar-refractivity contribution in [3.63, 3.8) is 0 Å². The predicted molar refractivity (Wildman–Crippen MR) is 73.2 cm³/mol. The molecule has 1 N–H and O–H groups in total. The van der Waals surface area contributed by atoms with Gasteiger partial charge in [0.15, 0.2) is 11.5 Å². The van der Waals surface area contributed by atoms with Gasteiger partial charge in [0.05, 0.1) is 13.7 Å². The first kappa shape index (κ1) is 14.7. The highest BCUT2D eigenvalue weighted by Crippen LogP contribution is 2.28. The van der Waals surface area contributed by atoms with Gasteiger partial charge < -0.3 is 14.6 Å². The van der Waals surface area contributed by atoms with E-state index in [4.69, 9.17) is 21.0 Å². The van der Waals surface area contributed by atoms with E-state index in [1.807, 2.05) is 0 Å². The van der Waals surface area contributed by atoms with Gasteiger partial charge in [-0.25, -0.2) is 4.79 Å². The van der Waals surface area contributed by atoms with Gasteiger partial charge >= 0.3 is 5.97 Å². The average Bonchev–Trinajstić information content (AvgIpc) is 2.42. The fourth-order valence-corrected chi connectivity index (χ4v) is 1.43. The monoisotopic (exact) mass is 260 g/mol. The number of carboxylic acids is 1. The third-order valence-electron chi connectivity index (χ3n) is 2.33. The molecule has 0 amide bonds. The van der Waals surface area contributed by atoms with Crippen molar-refractivity contribution in [2.24, 2.45) is 0 Å². The maximum atomic E-state index is 10.4. The Hall–Kier alpha value is -2.41. The molecule has 1 rings (SSSR count). The number of benzene rings is 1. The molecule has 1 aromatic carbocycles. The van der Waals surface area contributed by atoms with Gasteiger partial charge in [0.1, 0.15) is 0 Å². The number of hydrogen-bond donors (Lipinski definition) is 1. The SMILES string of the molecule is C#CCCCOc1ccc(C=CC(=O)O)cc1OC. The Kier molecular flexibility index (Phi) is 6.04. The highest BCUT2D eigenvalue weighted by atomic mass is 16.5. The molecule has 0 aromatic heterocycles. The molecule has 4 heteroatoms. The molecule has 0 saturated carbocycles. The average molecular weight is 260 g/mol. The summed E-state index contributed by atoms with van der Waals surface area (Å²) in [6.07, 6.45) is 9.17. The molecule has 0 heterocycles. The summed E-state index contributed by atoms with van der Waals surface area (Å²) in [5.41, 5.74) is 0.732. The van der Waals surface area contributed by atoms with Crippen LogP contribution in [0.25, 0.3) is 6.08 Å². The first-order valence-electron chi connectivity index (χ1n) is 5.82. The van der Waals surface area contributed by atoms with Crippen LogP contribution in [-0.2, 0) is 4.79 Å². The zero-order valence-electron chi connectivity index (χ0n) is 10.8. The van der Waals surface area contributed by atoms with E-state index in [1.54, 1.807) is 18.2 Å². The number of methoxy groups -OCH3 is 1. The van der Waals surface area contributed by atoms with Crippen molar-refractivity contribution in [3.05, 3.63) is 29.8 Å². The van der Waals surface area contributed by atoms with Gasteiger partial charge in [-0.05, 0) is 30.2 Å². The number of carbonyl (C=O) groups is 1. The van der Waals surface area contributed by atoms with E-state index < -0.39 is 5.97 Å². The van der Waals surface area contributed by atoms with Crippen molar-refractivity contribution in [2.75, 3.05) is 13.7 Å². The van der Waals surface area contributed by atoms with E-state index in [9.17, 15) is 4.79 Å². The van der Waals surface area contributed by atoms with E-state index in [-0.39, 0.29) is 0 Å². The van der Waals surface area contributed by atoms with Crippen molar-refractivity contribution in [3.8, 4) is 23.8 Å². The Bertz CT molecular complexity index is 497. The minimum atomic E-state index is -0.992. The highest BCUT2D eigenvalue weighted by Gasteiger charge is 2.04. The molecule has 100 valence electrons. The molecule has 4 nitrogen and oxygen atoms in total. The number of carboxylic acid groups (broad SMARTS) is 1. The zero-order chi connectivity index (χ0) is 14.1. The summed E-state index contributed by atoms with van der Waals surface area (Å²) < 4.78 is 10.8. The van der Waals surface area contributed by atoms with Crippen LogP contribution in [0.2, 0.25) is 0 Å². The zero-order valence-corrected chi connectivity index (χ0v) is 10.8. The quantitative estimate of drug-likeness (QED) is 0.465. The molecule has 0 saturated heterocycles. The van der Waals surface area contributed by atoms with Crippen LogP contribution in [0, 0.1) is 12.3 Å². The Labute approximate surface area is 112 Å². The number of rotatable bonds is 7. The lowest BCUT2D eigenvalue weighted by atomic mass is 10.2. The summed E-state index contributed by atoms with van der Waals surface area (Å²) in [4.78, 5) is 10.4. The van der Waals surface area contributed by atoms with E-state index in [0.717, 1.165) is 18.1 Å². The van der Waals surface area contributed by atoms with Crippen LogP contribution in [0.15, 0.2) is 24.3 Å². The normalized spacial score (nSPS) is 10.1. The van der Waals surface area contributed by atoms with Crippen LogP contribution in [0.4, 0.5) is 0 Å². The number of unbranched alkanes of at least 4 members (excludes halogenated alkanes) is 1. The predicted octanol–water partition coefficient (Wildman–Crippen LogP) is 2.59. The van der Waals surface area contributed by atoms with Crippen molar-refractivity contribution < 1.29 is 19.4 Å². The standard InChI is InChI=1S/C15H16O4/c1-3-4-5-10-19-13-8-6-12(7-9-15(16)17)11-14(13)18-2/h1,6-9,11H,4-5,10H2,2H3,(H,16,17). The van der Waals surface area contributed by atoms with Gasteiger partial charge in [0.25, 0.3) is 0 Å². The second-order valence-corrected chi connectivity index (χ2v) is 3.74. The van der Waals surface area contributed by atoms with Gasteiger partial charge in [-0.15, -0.1) is 12.3 Å². The van der Waals surface area contributed by atoms with Crippen molar-refractivity contribution in [1.29, 1.82) is 0 Å². The molecule has 0 aliphatic rings. The molecule has 0 spiro atoms. The van der Waals surface area contributed by atoms with Crippen LogP contribution < -0.4 is 9.47 Å².